The molecule has 0 saturated carbocycles. The minimum Gasteiger partial charge on any atom is -0.355 e. The molecule has 0 aliphatic carbocycles. The molecule has 2 amide bonds. The zero-order chi connectivity index (χ0) is 20.1. The number of rotatable bonds is 6. The molecular formula is C20H21N5O3. The average molecular weight is 379 g/mol. The summed E-state index contributed by atoms with van der Waals surface area (Å²) in [7, 11) is 3.31. The molecule has 3 N–H and O–H groups in total. The lowest BCUT2D eigenvalue weighted by Crippen LogP contribution is -2.31. The Hall–Kier alpha value is -3.52. The van der Waals surface area contributed by atoms with Gasteiger partial charge in [-0.2, -0.15) is 0 Å². The van der Waals surface area contributed by atoms with Crippen molar-refractivity contribution in [2.45, 2.75) is 6.54 Å². The van der Waals surface area contributed by atoms with E-state index in [1.54, 1.807) is 61.5 Å². The van der Waals surface area contributed by atoms with Crippen molar-refractivity contribution in [3.05, 3.63) is 70.3 Å². The molecule has 8 heteroatoms. The highest BCUT2D eigenvalue weighted by atomic mass is 16.2. The lowest BCUT2D eigenvalue weighted by Gasteiger charge is -2.16. The molecule has 0 fully saturated rings. The van der Waals surface area contributed by atoms with Crippen LogP contribution in [0.4, 0.5) is 5.69 Å². The van der Waals surface area contributed by atoms with E-state index in [9.17, 15) is 14.4 Å². The number of amides is 2. The van der Waals surface area contributed by atoms with Crippen LogP contribution in [0, 0.1) is 0 Å². The van der Waals surface area contributed by atoms with Crippen molar-refractivity contribution in [2.24, 2.45) is 0 Å². The first-order valence-electron chi connectivity index (χ1n) is 8.75. The number of nitrogens with one attached hydrogen (secondary N) is 3. The fraction of sp³-hybridized carbons (Fsp3) is 0.200. The van der Waals surface area contributed by atoms with Gasteiger partial charge in [-0.05, 0) is 37.4 Å². The second-order valence-electron chi connectivity index (χ2n) is 6.41. The minimum atomic E-state index is -0.236. The molecule has 144 valence electrons. The monoisotopic (exact) mass is 379 g/mol. The van der Waals surface area contributed by atoms with E-state index in [-0.39, 0.29) is 23.9 Å². The van der Waals surface area contributed by atoms with Crippen LogP contribution in [0.15, 0.2) is 53.3 Å². The predicted molar refractivity (Wildman–Crippen MR) is 107 cm³/mol. The van der Waals surface area contributed by atoms with Gasteiger partial charge >= 0.3 is 0 Å². The Bertz CT molecular complexity index is 1080. The van der Waals surface area contributed by atoms with Crippen LogP contribution < -0.4 is 16.2 Å². The summed E-state index contributed by atoms with van der Waals surface area (Å²) >= 11 is 0. The van der Waals surface area contributed by atoms with Gasteiger partial charge in [-0.25, -0.2) is 4.98 Å². The van der Waals surface area contributed by atoms with Crippen LogP contribution in [0.25, 0.3) is 10.9 Å². The highest BCUT2D eigenvalue weighted by Gasteiger charge is 2.11. The molecule has 0 atom stereocenters. The maximum absolute atomic E-state index is 12.3. The summed E-state index contributed by atoms with van der Waals surface area (Å²) in [5.41, 5.74) is 1.41. The number of fused-ring (bicyclic) bond motifs is 1. The Morgan fingerprint density at radius 2 is 1.93 bits per heavy atom. The molecule has 0 saturated heterocycles. The molecule has 0 radical (unpaired) electrons. The van der Waals surface area contributed by atoms with Crippen molar-refractivity contribution in [2.75, 3.05) is 26.0 Å². The van der Waals surface area contributed by atoms with Crippen LogP contribution in [0.5, 0.6) is 0 Å². The Kier molecular flexibility index (Phi) is 5.81. The van der Waals surface area contributed by atoms with Crippen molar-refractivity contribution in [1.82, 2.24) is 20.2 Å². The van der Waals surface area contributed by atoms with Crippen molar-refractivity contribution in [1.29, 1.82) is 0 Å². The van der Waals surface area contributed by atoms with E-state index in [1.807, 2.05) is 6.07 Å². The maximum atomic E-state index is 12.3. The molecule has 3 aromatic rings. The Balaban J connectivity index is 1.63. The smallest absolute Gasteiger partial charge is 0.258 e. The molecular weight excluding hydrogens is 358 g/mol. The Labute approximate surface area is 161 Å². The van der Waals surface area contributed by atoms with E-state index in [0.717, 1.165) is 0 Å². The van der Waals surface area contributed by atoms with Crippen LogP contribution in [-0.2, 0) is 11.3 Å². The summed E-state index contributed by atoms with van der Waals surface area (Å²) in [6.45, 7) is 0.409. The molecule has 0 spiro atoms. The van der Waals surface area contributed by atoms with Crippen LogP contribution in [-0.4, -0.2) is 47.3 Å². The molecule has 8 nitrogen and oxygen atoms in total. The Morgan fingerprint density at radius 3 is 2.71 bits per heavy atom. The number of nitrogens with zero attached hydrogens (tertiary/aromatic N) is 2. The van der Waals surface area contributed by atoms with Crippen LogP contribution in [0.1, 0.15) is 16.2 Å². The van der Waals surface area contributed by atoms with Crippen molar-refractivity contribution in [3.63, 3.8) is 0 Å². The number of benzene rings is 2. The van der Waals surface area contributed by atoms with E-state index < -0.39 is 0 Å². The van der Waals surface area contributed by atoms with Gasteiger partial charge in [0.25, 0.3) is 11.5 Å². The number of para-hydroxylation sites is 1. The first kappa shape index (κ1) is 19.2. The third kappa shape index (κ3) is 4.60. The molecule has 2 aromatic carbocycles. The minimum absolute atomic E-state index is 0.0980. The second kappa shape index (κ2) is 8.45. The van der Waals surface area contributed by atoms with E-state index >= 15 is 0 Å². The number of likely N-dealkylation sites (N-methyl/N-ethyl adjacent to an activating group) is 1. The van der Waals surface area contributed by atoms with Gasteiger partial charge in [0.15, 0.2) is 0 Å². The number of anilines is 1. The standard InChI is InChI=1S/C20H21N5O3/c1-21-19(27)13-6-5-7-14(10-13)22-18(26)12-25(2)11-17-23-16-9-4-3-8-15(16)20(28)24-17/h3-10H,11-12H2,1-2H3,(H,21,27)(H,22,26)(H,23,24,28). The molecule has 0 aliphatic rings. The van der Waals surface area contributed by atoms with Crippen LogP contribution in [0.3, 0.4) is 0 Å². The normalized spacial score (nSPS) is 10.8. The lowest BCUT2D eigenvalue weighted by molar-refractivity contribution is -0.117. The van der Waals surface area contributed by atoms with Gasteiger partial charge in [0.05, 0.1) is 24.0 Å². The van der Waals surface area contributed by atoms with E-state index in [2.05, 4.69) is 20.6 Å². The van der Waals surface area contributed by atoms with Crippen molar-refractivity contribution < 1.29 is 9.59 Å². The van der Waals surface area contributed by atoms with Crippen LogP contribution in [0.2, 0.25) is 0 Å². The summed E-state index contributed by atoms with van der Waals surface area (Å²) in [6.07, 6.45) is 0. The van der Waals surface area contributed by atoms with Crippen molar-refractivity contribution in [3.8, 4) is 0 Å². The summed E-state index contributed by atoms with van der Waals surface area (Å²) in [5, 5.41) is 5.84. The fourth-order valence-electron chi connectivity index (χ4n) is 2.85. The highest BCUT2D eigenvalue weighted by Crippen LogP contribution is 2.11. The number of hydrogen-bond donors (Lipinski definition) is 3. The molecule has 0 unspecified atom stereocenters. The number of carbonyl (C=O) groups is 2. The second-order valence-corrected chi connectivity index (χ2v) is 6.41. The molecule has 1 aromatic heterocycles. The van der Waals surface area contributed by atoms with Crippen molar-refractivity contribution >= 4 is 28.4 Å². The number of aromatic amines is 1. The summed E-state index contributed by atoms with van der Waals surface area (Å²) in [5.74, 6) is 0.0276. The van der Waals surface area contributed by atoms with Gasteiger partial charge in [0.2, 0.25) is 5.91 Å². The molecule has 0 bridgehead atoms. The van der Waals surface area contributed by atoms with Gasteiger partial charge in [-0.15, -0.1) is 0 Å². The topological polar surface area (TPSA) is 107 Å². The van der Waals surface area contributed by atoms with Crippen LogP contribution >= 0.6 is 0 Å². The number of carbonyl (C=O) groups excluding carboxylic acids is 2. The molecule has 28 heavy (non-hydrogen) atoms. The third-order valence-electron chi connectivity index (χ3n) is 4.13. The van der Waals surface area contributed by atoms with Gasteiger partial charge in [-0.1, -0.05) is 18.2 Å². The molecule has 1 heterocycles. The largest absolute Gasteiger partial charge is 0.355 e. The SMILES string of the molecule is CNC(=O)c1cccc(NC(=O)CN(C)Cc2nc3ccccc3c(=O)[nH]2)c1. The number of hydrogen-bond acceptors (Lipinski definition) is 5. The summed E-state index contributed by atoms with van der Waals surface area (Å²) in [6, 6.07) is 13.8. The Morgan fingerprint density at radius 1 is 1.14 bits per heavy atom. The highest BCUT2D eigenvalue weighted by molar-refractivity contribution is 5.97. The van der Waals surface area contributed by atoms with E-state index in [4.69, 9.17) is 0 Å². The summed E-state index contributed by atoms with van der Waals surface area (Å²) < 4.78 is 0. The average Bonchev–Trinajstić information content (AvgIpc) is 2.67. The quantitative estimate of drug-likeness (QED) is 0.599. The van der Waals surface area contributed by atoms with E-state index in [1.165, 1.54) is 0 Å². The van der Waals surface area contributed by atoms with E-state index in [0.29, 0.717) is 34.5 Å². The van der Waals surface area contributed by atoms with Gasteiger partial charge in [0, 0.05) is 18.3 Å². The first-order valence-corrected chi connectivity index (χ1v) is 8.75. The first-order chi connectivity index (χ1) is 13.5. The molecule has 0 aliphatic heterocycles. The number of H-pyrrole nitrogens is 1. The molecule has 3 rings (SSSR count). The summed E-state index contributed by atoms with van der Waals surface area (Å²) in [4.78, 5) is 45.0. The predicted octanol–water partition coefficient (Wildman–Crippen LogP) is 1.35. The lowest BCUT2D eigenvalue weighted by atomic mass is 10.2. The maximum Gasteiger partial charge on any atom is 0.258 e. The van der Waals surface area contributed by atoms with Gasteiger partial charge < -0.3 is 15.6 Å². The zero-order valence-corrected chi connectivity index (χ0v) is 15.7. The fourth-order valence-corrected chi connectivity index (χ4v) is 2.85. The van der Waals surface area contributed by atoms with Gasteiger partial charge in [0.1, 0.15) is 5.82 Å². The third-order valence-corrected chi connectivity index (χ3v) is 4.13. The van der Waals surface area contributed by atoms with Gasteiger partial charge in [-0.3, -0.25) is 19.3 Å². The zero-order valence-electron chi connectivity index (χ0n) is 15.7. The number of aromatic nitrogens is 2.